The largest absolute Gasteiger partial charge is 0.370 e. The maximum atomic E-state index is 14.0. The summed E-state index contributed by atoms with van der Waals surface area (Å²) in [4.78, 5) is 8.35. The molecule has 0 aliphatic carbocycles. The van der Waals surface area contributed by atoms with Gasteiger partial charge in [-0.25, -0.2) is 13.8 Å². The number of piperidine rings is 1. The van der Waals surface area contributed by atoms with Crippen LogP contribution in [0, 0.1) is 17.6 Å². The van der Waals surface area contributed by atoms with E-state index >= 15 is 0 Å². The van der Waals surface area contributed by atoms with Crippen LogP contribution >= 0.6 is 0 Å². The molecule has 0 saturated carbocycles. The van der Waals surface area contributed by atoms with Crippen molar-refractivity contribution < 1.29 is 13.5 Å². The number of ether oxygens (including phenoxy) is 1. The van der Waals surface area contributed by atoms with Crippen LogP contribution in [-0.2, 0) is 11.3 Å². The number of benzene rings is 1. The van der Waals surface area contributed by atoms with Gasteiger partial charge in [-0.3, -0.25) is 4.90 Å². The number of hydrogen-bond donors (Lipinski definition) is 1. The topological polar surface area (TPSA) is 67.0 Å². The van der Waals surface area contributed by atoms with Crippen molar-refractivity contribution in [2.24, 2.45) is 16.9 Å². The number of anilines is 2. The Labute approximate surface area is 168 Å². The van der Waals surface area contributed by atoms with E-state index in [1.165, 1.54) is 6.07 Å². The van der Waals surface area contributed by atoms with Crippen molar-refractivity contribution in [1.29, 1.82) is 0 Å². The van der Waals surface area contributed by atoms with Gasteiger partial charge in [0, 0.05) is 42.5 Å². The first kappa shape index (κ1) is 19.3. The first-order valence-corrected chi connectivity index (χ1v) is 9.56. The van der Waals surface area contributed by atoms with Crippen LogP contribution in [0.1, 0.15) is 18.4 Å². The zero-order valence-corrected chi connectivity index (χ0v) is 16.0. The second-order valence-electron chi connectivity index (χ2n) is 7.23. The summed E-state index contributed by atoms with van der Waals surface area (Å²) >= 11 is 0. The molecule has 1 fully saturated rings. The summed E-state index contributed by atoms with van der Waals surface area (Å²) in [5.41, 5.74) is 1.60. The minimum absolute atomic E-state index is 0.0516. The van der Waals surface area contributed by atoms with Crippen molar-refractivity contribution in [2.45, 2.75) is 19.4 Å². The number of hydrogen-bond acceptors (Lipinski definition) is 5. The van der Waals surface area contributed by atoms with Gasteiger partial charge in [-0.2, -0.15) is 5.10 Å². The maximum absolute atomic E-state index is 14.0. The normalized spacial score (nSPS) is 18.6. The SMILES string of the molecule is C=C1COCc2cc(F)c(F)cc2N1/C(=N\N)C1CCN(c2ccccn2)CC1. The quantitative estimate of drug-likeness (QED) is 0.363. The molecule has 2 aromatic rings. The number of fused-ring (bicyclic) bond motifs is 1. The second kappa shape index (κ2) is 8.16. The molecule has 0 unspecified atom stereocenters. The Bertz CT molecular complexity index is 926. The zero-order chi connectivity index (χ0) is 20.4. The van der Waals surface area contributed by atoms with Gasteiger partial charge in [0.2, 0.25) is 0 Å². The highest BCUT2D eigenvalue weighted by Crippen LogP contribution is 2.34. The first-order valence-electron chi connectivity index (χ1n) is 9.56. The summed E-state index contributed by atoms with van der Waals surface area (Å²) in [6, 6.07) is 8.17. The lowest BCUT2D eigenvalue weighted by Gasteiger charge is -2.37. The lowest BCUT2D eigenvalue weighted by molar-refractivity contribution is 0.146. The predicted molar refractivity (Wildman–Crippen MR) is 108 cm³/mol. The lowest BCUT2D eigenvalue weighted by atomic mass is 9.93. The van der Waals surface area contributed by atoms with E-state index in [1.807, 2.05) is 18.2 Å². The smallest absolute Gasteiger partial charge is 0.160 e. The van der Waals surface area contributed by atoms with Gasteiger partial charge >= 0.3 is 0 Å². The molecule has 1 aromatic carbocycles. The Morgan fingerprint density at radius 2 is 1.93 bits per heavy atom. The Kier molecular flexibility index (Phi) is 5.44. The van der Waals surface area contributed by atoms with E-state index < -0.39 is 11.6 Å². The third kappa shape index (κ3) is 3.80. The minimum Gasteiger partial charge on any atom is -0.370 e. The Morgan fingerprint density at radius 3 is 2.62 bits per heavy atom. The van der Waals surface area contributed by atoms with E-state index in [0.717, 1.165) is 37.8 Å². The van der Waals surface area contributed by atoms with E-state index in [-0.39, 0.29) is 19.1 Å². The van der Waals surface area contributed by atoms with Crippen LogP contribution in [0.2, 0.25) is 0 Å². The van der Waals surface area contributed by atoms with Gasteiger partial charge in [0.15, 0.2) is 11.6 Å². The zero-order valence-electron chi connectivity index (χ0n) is 16.0. The average Bonchev–Trinajstić information content (AvgIpc) is 2.89. The summed E-state index contributed by atoms with van der Waals surface area (Å²) in [5.74, 6) is 5.54. The number of rotatable bonds is 2. The van der Waals surface area contributed by atoms with E-state index in [4.69, 9.17) is 10.6 Å². The molecule has 2 N–H and O–H groups in total. The van der Waals surface area contributed by atoms with Gasteiger partial charge in [0.05, 0.1) is 18.9 Å². The summed E-state index contributed by atoms with van der Waals surface area (Å²) in [6.07, 6.45) is 3.38. The van der Waals surface area contributed by atoms with Crippen LogP contribution in [0.25, 0.3) is 0 Å². The summed E-state index contributed by atoms with van der Waals surface area (Å²) < 4.78 is 33.4. The van der Waals surface area contributed by atoms with E-state index in [2.05, 4.69) is 21.6 Å². The minimum atomic E-state index is -0.926. The lowest BCUT2D eigenvalue weighted by Crippen LogP contribution is -2.43. The number of pyridine rings is 1. The number of hydrazone groups is 1. The number of amidine groups is 1. The van der Waals surface area contributed by atoms with Crippen LogP contribution in [0.4, 0.5) is 20.3 Å². The molecule has 0 radical (unpaired) electrons. The van der Waals surface area contributed by atoms with Crippen molar-refractivity contribution in [3.8, 4) is 0 Å². The van der Waals surface area contributed by atoms with Crippen molar-refractivity contribution >= 4 is 17.3 Å². The number of nitrogens with zero attached hydrogens (tertiary/aromatic N) is 4. The molecule has 2 aliphatic heterocycles. The predicted octanol–water partition coefficient (Wildman–Crippen LogP) is 3.40. The van der Waals surface area contributed by atoms with Gasteiger partial charge in [-0.1, -0.05) is 12.6 Å². The van der Waals surface area contributed by atoms with E-state index in [9.17, 15) is 8.78 Å². The highest BCUT2D eigenvalue weighted by atomic mass is 19.2. The highest BCUT2D eigenvalue weighted by molar-refractivity contribution is 6.02. The van der Waals surface area contributed by atoms with Crippen molar-refractivity contribution in [2.75, 3.05) is 29.5 Å². The molecule has 0 amide bonds. The van der Waals surface area contributed by atoms with Crippen molar-refractivity contribution in [1.82, 2.24) is 4.98 Å². The van der Waals surface area contributed by atoms with Gasteiger partial charge in [-0.15, -0.1) is 0 Å². The molecule has 152 valence electrons. The number of halogens is 2. The molecule has 0 atom stereocenters. The van der Waals surface area contributed by atoms with Gasteiger partial charge in [0.1, 0.15) is 11.7 Å². The Balaban J connectivity index is 1.60. The summed E-state index contributed by atoms with van der Waals surface area (Å²) in [5, 5.41) is 4.05. The number of nitrogens with two attached hydrogens (primary N) is 1. The van der Waals surface area contributed by atoms with Gasteiger partial charge < -0.3 is 15.5 Å². The molecule has 2 aliphatic rings. The van der Waals surface area contributed by atoms with Crippen LogP contribution in [0.15, 0.2) is 53.9 Å². The molecule has 1 saturated heterocycles. The second-order valence-corrected chi connectivity index (χ2v) is 7.23. The highest BCUT2D eigenvalue weighted by Gasteiger charge is 2.32. The molecule has 3 heterocycles. The Morgan fingerprint density at radius 1 is 1.17 bits per heavy atom. The molecule has 4 rings (SSSR count). The molecular formula is C21H23F2N5O. The first-order chi connectivity index (χ1) is 14.1. The third-order valence-corrected chi connectivity index (χ3v) is 5.40. The van der Waals surface area contributed by atoms with E-state index in [0.29, 0.717) is 22.8 Å². The third-order valence-electron chi connectivity index (χ3n) is 5.40. The van der Waals surface area contributed by atoms with Crippen LogP contribution < -0.4 is 15.6 Å². The Hall–Kier alpha value is -3.00. The van der Waals surface area contributed by atoms with Gasteiger partial charge in [0.25, 0.3) is 0 Å². The summed E-state index contributed by atoms with van der Waals surface area (Å²) in [6.45, 7) is 6.04. The van der Waals surface area contributed by atoms with Crippen LogP contribution in [0.3, 0.4) is 0 Å². The van der Waals surface area contributed by atoms with Crippen molar-refractivity contribution in [3.05, 3.63) is 66.0 Å². The van der Waals surface area contributed by atoms with E-state index in [1.54, 1.807) is 11.1 Å². The maximum Gasteiger partial charge on any atom is 0.160 e. The summed E-state index contributed by atoms with van der Waals surface area (Å²) in [7, 11) is 0. The fraction of sp³-hybridized carbons (Fsp3) is 0.333. The van der Waals surface area contributed by atoms with Crippen molar-refractivity contribution in [3.63, 3.8) is 0 Å². The average molecular weight is 399 g/mol. The molecule has 1 aromatic heterocycles. The molecule has 0 bridgehead atoms. The monoisotopic (exact) mass is 399 g/mol. The standard InChI is InChI=1S/C21H23F2N5O/c1-14-12-29-13-16-10-17(22)18(23)11-19(16)28(14)21(26-24)15-5-8-27(9-6-15)20-4-2-3-7-25-20/h2-4,7,10-11,15H,1,5-6,8-9,12-13,24H2/b26-21-. The fourth-order valence-corrected chi connectivity index (χ4v) is 3.95. The number of aromatic nitrogens is 1. The van der Waals surface area contributed by atoms with Crippen LogP contribution in [0.5, 0.6) is 0 Å². The fourth-order valence-electron chi connectivity index (χ4n) is 3.95. The molecule has 29 heavy (non-hydrogen) atoms. The van der Waals surface area contributed by atoms with Crippen LogP contribution in [-0.4, -0.2) is 30.5 Å². The molecule has 8 heteroatoms. The molecule has 0 spiro atoms. The van der Waals surface area contributed by atoms with Gasteiger partial charge in [-0.05, 0) is 31.0 Å². The molecular weight excluding hydrogens is 376 g/mol. The molecule has 6 nitrogen and oxygen atoms in total.